The maximum absolute atomic E-state index is 13.8. The molecule has 0 aliphatic carbocycles. The lowest BCUT2D eigenvalue weighted by Gasteiger charge is -2.11. The topological polar surface area (TPSA) is 74.6 Å². The van der Waals surface area contributed by atoms with Crippen LogP contribution in [0.4, 0.5) is 17.6 Å². The monoisotopic (exact) mass is 368 g/mol. The van der Waals surface area contributed by atoms with E-state index in [0.29, 0.717) is 11.4 Å². The third-order valence-electron chi connectivity index (χ3n) is 3.87. The van der Waals surface area contributed by atoms with Crippen LogP contribution in [-0.2, 0) is 19.8 Å². The molecule has 0 atom stereocenters. The van der Waals surface area contributed by atoms with Gasteiger partial charge in [-0.15, -0.1) is 5.10 Å². The fraction of sp³-hybridized carbons (Fsp3) is 0.312. The minimum Gasteiger partial charge on any atom is -0.327 e. The van der Waals surface area contributed by atoms with Crippen LogP contribution in [0, 0.1) is 6.92 Å². The second-order valence-corrected chi connectivity index (χ2v) is 5.82. The molecule has 6 nitrogen and oxygen atoms in total. The highest BCUT2D eigenvalue weighted by atomic mass is 19.4. The summed E-state index contributed by atoms with van der Waals surface area (Å²) in [4.78, 5) is 0. The standard InChI is InChI=1S/C16H16F4N6/c1-9-5-13(25(2)23-9)12-6-10(16(18,19)20)7-14-15(12)22-24-26(14)8-11(17)3-4-21/h3,5-7H,4,8,21H2,1-2H3/b11-3-. The first kappa shape index (κ1) is 18.1. The number of aryl methyl sites for hydroxylation is 2. The van der Waals surface area contributed by atoms with Crippen LogP contribution in [0.15, 0.2) is 30.1 Å². The lowest BCUT2D eigenvalue weighted by atomic mass is 10.0. The van der Waals surface area contributed by atoms with Crippen LogP contribution in [-0.4, -0.2) is 31.3 Å². The highest BCUT2D eigenvalue weighted by molar-refractivity contribution is 5.91. The molecule has 138 valence electrons. The molecule has 0 saturated heterocycles. The molecule has 0 aliphatic rings. The molecule has 2 aromatic heterocycles. The minimum atomic E-state index is -4.57. The lowest BCUT2D eigenvalue weighted by molar-refractivity contribution is -0.137. The molecule has 0 amide bonds. The second kappa shape index (κ2) is 6.52. The van der Waals surface area contributed by atoms with E-state index in [1.807, 2.05) is 0 Å². The molecule has 0 saturated carbocycles. The van der Waals surface area contributed by atoms with Crippen LogP contribution in [0.1, 0.15) is 11.3 Å². The van der Waals surface area contributed by atoms with Crippen molar-refractivity contribution in [3.63, 3.8) is 0 Å². The van der Waals surface area contributed by atoms with Gasteiger partial charge in [0.15, 0.2) is 0 Å². The Bertz CT molecular complexity index is 983. The first-order valence-corrected chi connectivity index (χ1v) is 7.70. The van der Waals surface area contributed by atoms with Gasteiger partial charge < -0.3 is 5.73 Å². The summed E-state index contributed by atoms with van der Waals surface area (Å²) < 4.78 is 56.4. The van der Waals surface area contributed by atoms with Crippen molar-refractivity contribution < 1.29 is 17.6 Å². The SMILES string of the molecule is Cc1cc(-c2cc(C(F)(F)F)cc3c2nnn3C/C(F)=C/CN)n(C)n1. The number of rotatable bonds is 4. The van der Waals surface area contributed by atoms with Gasteiger partial charge >= 0.3 is 6.18 Å². The number of fused-ring (bicyclic) bond motifs is 1. The molecule has 0 bridgehead atoms. The average Bonchev–Trinajstić information content (AvgIpc) is 3.09. The Morgan fingerprint density at radius 2 is 2.00 bits per heavy atom. The summed E-state index contributed by atoms with van der Waals surface area (Å²) in [5, 5.41) is 11.9. The molecule has 3 rings (SSSR count). The van der Waals surface area contributed by atoms with Crippen LogP contribution in [0.3, 0.4) is 0 Å². The van der Waals surface area contributed by atoms with E-state index in [-0.39, 0.29) is 29.7 Å². The molecule has 0 radical (unpaired) electrons. The average molecular weight is 368 g/mol. The molecule has 10 heteroatoms. The van der Waals surface area contributed by atoms with Gasteiger partial charge in [0.1, 0.15) is 11.3 Å². The quantitative estimate of drug-likeness (QED) is 0.719. The molecular weight excluding hydrogens is 352 g/mol. The molecule has 1 aromatic carbocycles. The molecule has 0 spiro atoms. The minimum absolute atomic E-state index is 0.0220. The Morgan fingerprint density at radius 1 is 1.27 bits per heavy atom. The predicted octanol–water partition coefficient (Wildman–Crippen LogP) is 2.97. The Morgan fingerprint density at radius 3 is 2.58 bits per heavy atom. The maximum Gasteiger partial charge on any atom is 0.416 e. The summed E-state index contributed by atoms with van der Waals surface area (Å²) in [7, 11) is 1.63. The fourth-order valence-corrected chi connectivity index (χ4v) is 2.74. The summed E-state index contributed by atoms with van der Waals surface area (Å²) >= 11 is 0. The van der Waals surface area contributed by atoms with Gasteiger partial charge in [-0.1, -0.05) is 5.21 Å². The number of alkyl halides is 3. The van der Waals surface area contributed by atoms with E-state index in [1.165, 1.54) is 4.68 Å². The second-order valence-electron chi connectivity index (χ2n) is 5.82. The smallest absolute Gasteiger partial charge is 0.327 e. The van der Waals surface area contributed by atoms with E-state index in [1.54, 1.807) is 20.0 Å². The largest absolute Gasteiger partial charge is 0.416 e. The highest BCUT2D eigenvalue weighted by Gasteiger charge is 2.33. The molecule has 26 heavy (non-hydrogen) atoms. The number of aromatic nitrogens is 5. The van der Waals surface area contributed by atoms with Crippen molar-refractivity contribution in [3.05, 3.63) is 41.4 Å². The number of hydrogen-bond acceptors (Lipinski definition) is 4. The van der Waals surface area contributed by atoms with Gasteiger partial charge in [-0.25, -0.2) is 9.07 Å². The number of benzene rings is 1. The van der Waals surface area contributed by atoms with E-state index in [4.69, 9.17) is 5.73 Å². The van der Waals surface area contributed by atoms with Gasteiger partial charge in [-0.3, -0.25) is 4.68 Å². The zero-order valence-electron chi connectivity index (χ0n) is 14.0. The van der Waals surface area contributed by atoms with Gasteiger partial charge in [0.05, 0.1) is 29.0 Å². The fourth-order valence-electron chi connectivity index (χ4n) is 2.74. The molecule has 0 aliphatic heterocycles. The van der Waals surface area contributed by atoms with Crippen molar-refractivity contribution in [2.24, 2.45) is 12.8 Å². The lowest BCUT2D eigenvalue weighted by Crippen LogP contribution is -2.08. The van der Waals surface area contributed by atoms with Crippen LogP contribution >= 0.6 is 0 Å². The van der Waals surface area contributed by atoms with Crippen molar-refractivity contribution in [2.75, 3.05) is 6.54 Å². The van der Waals surface area contributed by atoms with Crippen molar-refractivity contribution in [1.82, 2.24) is 24.8 Å². The normalized spacial score (nSPS) is 13.0. The van der Waals surface area contributed by atoms with E-state index >= 15 is 0 Å². The van der Waals surface area contributed by atoms with Gasteiger partial charge in [0, 0.05) is 19.2 Å². The van der Waals surface area contributed by atoms with Crippen LogP contribution in [0.2, 0.25) is 0 Å². The predicted molar refractivity (Wildman–Crippen MR) is 87.7 cm³/mol. The van der Waals surface area contributed by atoms with E-state index in [2.05, 4.69) is 15.4 Å². The summed E-state index contributed by atoms with van der Waals surface area (Å²) in [5.74, 6) is -0.602. The van der Waals surface area contributed by atoms with Gasteiger partial charge in [0.2, 0.25) is 0 Å². The van der Waals surface area contributed by atoms with E-state index in [9.17, 15) is 17.6 Å². The number of nitrogens with zero attached hydrogens (tertiary/aromatic N) is 5. The zero-order valence-corrected chi connectivity index (χ0v) is 14.0. The summed E-state index contributed by atoms with van der Waals surface area (Å²) in [6.07, 6.45) is -3.44. The number of nitrogens with two attached hydrogens (primary N) is 1. The molecular formula is C16H16F4N6. The zero-order chi connectivity index (χ0) is 19.1. The molecule has 2 heterocycles. The van der Waals surface area contributed by atoms with Crippen molar-refractivity contribution >= 4 is 11.0 Å². The molecule has 0 unspecified atom stereocenters. The van der Waals surface area contributed by atoms with Gasteiger partial charge in [-0.05, 0) is 31.2 Å². The maximum atomic E-state index is 13.8. The number of allylic oxidation sites excluding steroid dienone is 1. The summed E-state index contributed by atoms with van der Waals surface area (Å²) in [6, 6.07) is 3.57. The number of halogens is 4. The van der Waals surface area contributed by atoms with Crippen molar-refractivity contribution in [1.29, 1.82) is 0 Å². The summed E-state index contributed by atoms with van der Waals surface area (Å²) in [6.45, 7) is 1.36. The van der Waals surface area contributed by atoms with Gasteiger partial charge in [-0.2, -0.15) is 18.3 Å². The first-order valence-electron chi connectivity index (χ1n) is 7.70. The Labute approximate surface area is 145 Å². The third-order valence-corrected chi connectivity index (χ3v) is 3.87. The van der Waals surface area contributed by atoms with Crippen LogP contribution in [0.5, 0.6) is 0 Å². The first-order chi connectivity index (χ1) is 12.2. The molecule has 0 fully saturated rings. The Kier molecular flexibility index (Phi) is 4.53. The Hall–Kier alpha value is -2.75. The molecule has 3 aromatic rings. The third kappa shape index (κ3) is 3.32. The van der Waals surface area contributed by atoms with Crippen LogP contribution in [0.25, 0.3) is 22.3 Å². The molecule has 2 N–H and O–H groups in total. The van der Waals surface area contributed by atoms with E-state index < -0.39 is 17.6 Å². The van der Waals surface area contributed by atoms with Crippen LogP contribution < -0.4 is 5.73 Å². The highest BCUT2D eigenvalue weighted by Crippen LogP contribution is 2.36. The van der Waals surface area contributed by atoms with Crippen molar-refractivity contribution in [2.45, 2.75) is 19.6 Å². The van der Waals surface area contributed by atoms with Gasteiger partial charge in [0.25, 0.3) is 0 Å². The summed E-state index contributed by atoms with van der Waals surface area (Å²) in [5.41, 5.74) is 6.04. The van der Waals surface area contributed by atoms with Crippen molar-refractivity contribution in [3.8, 4) is 11.3 Å². The Balaban J connectivity index is 2.26. The number of hydrogen-bond donors (Lipinski definition) is 1. The van der Waals surface area contributed by atoms with E-state index in [0.717, 1.165) is 22.9 Å².